The molecule has 1 amide bonds. The van der Waals surface area contributed by atoms with E-state index in [-0.39, 0.29) is 18.6 Å². The maximum absolute atomic E-state index is 11.9. The summed E-state index contributed by atoms with van der Waals surface area (Å²) in [5.74, 6) is 0.620. The number of pyridine rings is 1. The molecule has 1 aliphatic heterocycles. The number of hydrogen-bond donors (Lipinski definition) is 0. The van der Waals surface area contributed by atoms with Crippen molar-refractivity contribution in [2.45, 2.75) is 25.7 Å². The van der Waals surface area contributed by atoms with E-state index in [9.17, 15) is 4.79 Å². The van der Waals surface area contributed by atoms with Crippen molar-refractivity contribution in [2.75, 3.05) is 34.4 Å². The number of hydrogen-bond acceptors (Lipinski definition) is 5. The number of nitrogens with zero attached hydrogens (tertiary/aromatic N) is 4. The molecule has 7 nitrogen and oxygen atoms in total. The molecule has 0 bridgehead atoms. The SMILES string of the molecule is COc1ncccc1CN1Cc2cccn2C[C@H](OCC(=O)N(C)C)C1. The number of rotatable bonds is 6. The Morgan fingerprint density at radius 2 is 2.15 bits per heavy atom. The Labute approximate surface area is 154 Å². The van der Waals surface area contributed by atoms with Gasteiger partial charge in [0.05, 0.1) is 13.2 Å². The molecule has 2 aromatic heterocycles. The zero-order valence-electron chi connectivity index (χ0n) is 15.6. The first-order chi connectivity index (χ1) is 12.6. The molecular weight excluding hydrogens is 332 g/mol. The average molecular weight is 358 g/mol. The number of carbonyl (C=O) groups excluding carboxylic acids is 1. The van der Waals surface area contributed by atoms with Crippen LogP contribution in [-0.4, -0.2) is 65.7 Å². The molecule has 0 N–H and O–H groups in total. The molecule has 7 heteroatoms. The van der Waals surface area contributed by atoms with Crippen molar-refractivity contribution in [3.05, 3.63) is 47.9 Å². The summed E-state index contributed by atoms with van der Waals surface area (Å²) in [7, 11) is 5.12. The van der Waals surface area contributed by atoms with Crippen molar-refractivity contribution in [3.63, 3.8) is 0 Å². The van der Waals surface area contributed by atoms with Crippen LogP contribution >= 0.6 is 0 Å². The van der Waals surface area contributed by atoms with E-state index in [4.69, 9.17) is 9.47 Å². The lowest BCUT2D eigenvalue weighted by atomic mass is 10.2. The Morgan fingerprint density at radius 1 is 1.31 bits per heavy atom. The van der Waals surface area contributed by atoms with Crippen molar-refractivity contribution >= 4 is 5.91 Å². The monoisotopic (exact) mass is 358 g/mol. The molecule has 2 aromatic rings. The summed E-state index contributed by atoms with van der Waals surface area (Å²) in [6, 6.07) is 8.12. The van der Waals surface area contributed by atoms with E-state index in [1.165, 1.54) is 5.69 Å². The highest BCUT2D eigenvalue weighted by atomic mass is 16.5. The van der Waals surface area contributed by atoms with Gasteiger partial charge in [-0.25, -0.2) is 4.98 Å². The molecule has 0 saturated carbocycles. The fourth-order valence-electron chi connectivity index (χ4n) is 3.14. The molecule has 0 unspecified atom stereocenters. The predicted molar refractivity (Wildman–Crippen MR) is 97.8 cm³/mol. The lowest BCUT2D eigenvalue weighted by Gasteiger charge is -2.25. The molecule has 0 spiro atoms. The molecule has 0 saturated heterocycles. The van der Waals surface area contributed by atoms with Gasteiger partial charge in [-0.15, -0.1) is 0 Å². The largest absolute Gasteiger partial charge is 0.481 e. The third kappa shape index (κ3) is 4.42. The fourth-order valence-corrected chi connectivity index (χ4v) is 3.14. The Balaban J connectivity index is 1.74. The highest BCUT2D eigenvalue weighted by Gasteiger charge is 2.24. The molecule has 0 fully saturated rings. The van der Waals surface area contributed by atoms with Gasteiger partial charge in [0.1, 0.15) is 6.61 Å². The fraction of sp³-hybridized carbons (Fsp3) is 0.474. The Kier molecular flexibility index (Phi) is 5.90. The van der Waals surface area contributed by atoms with Crippen LogP contribution in [0.4, 0.5) is 0 Å². The summed E-state index contributed by atoms with van der Waals surface area (Å²) in [6.45, 7) is 3.10. The average Bonchev–Trinajstić information content (AvgIpc) is 2.99. The van der Waals surface area contributed by atoms with Gasteiger partial charge in [0, 0.05) is 63.9 Å². The minimum Gasteiger partial charge on any atom is -0.481 e. The molecule has 140 valence electrons. The number of carbonyl (C=O) groups is 1. The van der Waals surface area contributed by atoms with Gasteiger partial charge in [-0.3, -0.25) is 9.69 Å². The highest BCUT2D eigenvalue weighted by molar-refractivity contribution is 5.76. The van der Waals surface area contributed by atoms with Gasteiger partial charge < -0.3 is 18.9 Å². The lowest BCUT2D eigenvalue weighted by molar-refractivity contribution is -0.136. The third-order valence-electron chi connectivity index (χ3n) is 4.55. The summed E-state index contributed by atoms with van der Waals surface area (Å²) in [4.78, 5) is 20.0. The molecule has 26 heavy (non-hydrogen) atoms. The smallest absolute Gasteiger partial charge is 0.248 e. The van der Waals surface area contributed by atoms with Crippen LogP contribution in [0, 0.1) is 0 Å². The van der Waals surface area contributed by atoms with E-state index < -0.39 is 0 Å². The van der Waals surface area contributed by atoms with Crippen molar-refractivity contribution in [1.82, 2.24) is 19.4 Å². The maximum atomic E-state index is 11.9. The quantitative estimate of drug-likeness (QED) is 0.781. The molecular formula is C19H26N4O3. The van der Waals surface area contributed by atoms with E-state index in [1.807, 2.05) is 18.2 Å². The number of amides is 1. The van der Waals surface area contributed by atoms with Crippen LogP contribution in [0.1, 0.15) is 11.3 Å². The predicted octanol–water partition coefficient (Wildman–Crippen LogP) is 1.38. The molecule has 1 atom stereocenters. The first-order valence-electron chi connectivity index (χ1n) is 8.73. The summed E-state index contributed by atoms with van der Waals surface area (Å²) in [5, 5.41) is 0. The van der Waals surface area contributed by atoms with Gasteiger partial charge >= 0.3 is 0 Å². The van der Waals surface area contributed by atoms with Gasteiger partial charge in [-0.1, -0.05) is 6.07 Å². The minimum absolute atomic E-state index is 0.0255. The second-order valence-corrected chi connectivity index (χ2v) is 6.71. The van der Waals surface area contributed by atoms with E-state index in [1.54, 1.807) is 32.3 Å². The zero-order chi connectivity index (χ0) is 18.5. The number of ether oxygens (including phenoxy) is 2. The summed E-state index contributed by atoms with van der Waals surface area (Å²) in [6.07, 6.45) is 3.73. The Hall–Kier alpha value is -2.38. The Bertz CT molecular complexity index is 744. The third-order valence-corrected chi connectivity index (χ3v) is 4.55. The first-order valence-corrected chi connectivity index (χ1v) is 8.73. The van der Waals surface area contributed by atoms with Crippen LogP contribution in [0.25, 0.3) is 0 Å². The number of aromatic nitrogens is 2. The van der Waals surface area contributed by atoms with Crippen LogP contribution in [-0.2, 0) is 29.2 Å². The molecule has 0 radical (unpaired) electrons. The molecule has 0 aromatic carbocycles. The first kappa shape index (κ1) is 18.4. The van der Waals surface area contributed by atoms with Crippen molar-refractivity contribution in [1.29, 1.82) is 0 Å². The molecule has 3 rings (SSSR count). The Morgan fingerprint density at radius 3 is 2.92 bits per heavy atom. The molecule has 1 aliphatic rings. The van der Waals surface area contributed by atoms with Crippen molar-refractivity contribution < 1.29 is 14.3 Å². The number of likely N-dealkylation sites (N-methyl/N-ethyl adjacent to an activating group) is 1. The number of methoxy groups -OCH3 is 1. The van der Waals surface area contributed by atoms with E-state index in [2.05, 4.69) is 26.7 Å². The standard InChI is InChI=1S/C19H26N4O3/c1-21(2)18(24)14-26-17-12-22(11-16-7-5-9-23(16)13-17)10-15-6-4-8-20-19(15)25-3/h4-9,17H,10-14H2,1-3H3/t17-/m1/s1. The van der Waals surface area contributed by atoms with Gasteiger partial charge in [-0.2, -0.15) is 0 Å². The van der Waals surface area contributed by atoms with Gasteiger partial charge in [0.25, 0.3) is 0 Å². The van der Waals surface area contributed by atoms with Crippen LogP contribution in [0.5, 0.6) is 5.88 Å². The van der Waals surface area contributed by atoms with Crippen LogP contribution < -0.4 is 4.74 Å². The van der Waals surface area contributed by atoms with Crippen LogP contribution in [0.15, 0.2) is 36.7 Å². The van der Waals surface area contributed by atoms with E-state index >= 15 is 0 Å². The summed E-state index contributed by atoms with van der Waals surface area (Å²) < 4.78 is 13.5. The summed E-state index contributed by atoms with van der Waals surface area (Å²) >= 11 is 0. The summed E-state index contributed by atoms with van der Waals surface area (Å²) in [5.41, 5.74) is 2.27. The second-order valence-electron chi connectivity index (χ2n) is 6.71. The second kappa shape index (κ2) is 8.33. The highest BCUT2D eigenvalue weighted by Crippen LogP contribution is 2.21. The van der Waals surface area contributed by atoms with Gasteiger partial charge in [0.2, 0.25) is 11.8 Å². The van der Waals surface area contributed by atoms with Crippen LogP contribution in [0.3, 0.4) is 0 Å². The number of fused-ring (bicyclic) bond motifs is 1. The molecule has 3 heterocycles. The van der Waals surface area contributed by atoms with Crippen molar-refractivity contribution in [3.8, 4) is 5.88 Å². The molecule has 0 aliphatic carbocycles. The topological polar surface area (TPSA) is 59.8 Å². The maximum Gasteiger partial charge on any atom is 0.248 e. The van der Waals surface area contributed by atoms with Crippen LogP contribution in [0.2, 0.25) is 0 Å². The van der Waals surface area contributed by atoms with Gasteiger partial charge in [0.15, 0.2) is 0 Å². The normalized spacial score (nSPS) is 17.4. The lowest BCUT2D eigenvalue weighted by Crippen LogP contribution is -2.36. The van der Waals surface area contributed by atoms with Gasteiger partial charge in [-0.05, 0) is 18.2 Å². The van der Waals surface area contributed by atoms with Crippen molar-refractivity contribution in [2.24, 2.45) is 0 Å². The zero-order valence-corrected chi connectivity index (χ0v) is 15.6. The van der Waals surface area contributed by atoms with E-state index in [0.717, 1.165) is 25.2 Å². The minimum atomic E-state index is -0.0600. The van der Waals surface area contributed by atoms with E-state index in [0.29, 0.717) is 12.4 Å².